The first kappa shape index (κ1) is 54.6. The predicted octanol–water partition coefficient (Wildman–Crippen LogP) is 16.1. The van der Waals surface area contributed by atoms with Crippen LogP contribution in [0.3, 0.4) is 0 Å². The first-order valence-electron chi connectivity index (χ1n) is 25.2. The molecule has 0 aromatic heterocycles. The van der Waals surface area contributed by atoms with E-state index < -0.39 is 12.1 Å². The van der Waals surface area contributed by atoms with Crippen molar-refractivity contribution >= 4 is 5.91 Å². The molecule has 0 spiro atoms. The summed E-state index contributed by atoms with van der Waals surface area (Å²) in [6.45, 7) is 4.31. The second-order valence-corrected chi connectivity index (χ2v) is 17.2. The minimum absolute atomic E-state index is 0.0323. The zero-order chi connectivity index (χ0) is 40.7. The lowest BCUT2D eigenvalue weighted by molar-refractivity contribution is -0.123. The van der Waals surface area contributed by atoms with Gasteiger partial charge in [-0.05, 0) is 51.4 Å². The molecule has 4 nitrogen and oxygen atoms in total. The Bertz CT molecular complexity index is 851. The van der Waals surface area contributed by atoms with Crippen molar-refractivity contribution in [2.24, 2.45) is 0 Å². The van der Waals surface area contributed by atoms with E-state index in [1.165, 1.54) is 205 Å². The number of amides is 1. The molecule has 0 aromatic carbocycles. The zero-order valence-electron chi connectivity index (χ0n) is 37.9. The summed E-state index contributed by atoms with van der Waals surface area (Å²) in [7, 11) is 0. The molecule has 0 radical (unpaired) electrons. The van der Waals surface area contributed by atoms with Crippen LogP contribution in [0.2, 0.25) is 0 Å². The van der Waals surface area contributed by atoms with Gasteiger partial charge in [-0.2, -0.15) is 0 Å². The molecule has 0 saturated carbocycles. The van der Waals surface area contributed by atoms with Gasteiger partial charge in [-0.15, -0.1) is 0 Å². The van der Waals surface area contributed by atoms with Crippen LogP contribution in [0.1, 0.15) is 271 Å². The predicted molar refractivity (Wildman–Crippen MR) is 248 cm³/mol. The molecular weight excluding hydrogens is 687 g/mol. The Balaban J connectivity index is 3.34. The largest absolute Gasteiger partial charge is 0.394 e. The minimum atomic E-state index is -0.653. The van der Waals surface area contributed by atoms with Gasteiger partial charge in [0.1, 0.15) is 0 Å². The molecule has 4 heteroatoms. The van der Waals surface area contributed by atoms with Gasteiger partial charge in [0.2, 0.25) is 5.91 Å². The molecule has 3 N–H and O–H groups in total. The fraction of sp³-hybridized carbons (Fsp3) is 0.865. The lowest BCUT2D eigenvalue weighted by Crippen LogP contribution is -2.45. The topological polar surface area (TPSA) is 69.6 Å². The standard InChI is InChI=1S/C52H99NO3/c1-3-5-7-9-11-12-13-14-15-16-17-18-19-20-21-22-23-24-25-26-27-28-29-30-31-32-33-34-35-36-37-38-39-40-42-44-46-48-52(56)53-50(49-54)51(55)47-45-43-41-10-8-6-4-2/h13-14,16-17,19-20,50-51,54-55H,3-12,15,18,21-49H2,1-2H3,(H,53,56)/b14-13-,17-16-,20-19-. The maximum atomic E-state index is 12.3. The van der Waals surface area contributed by atoms with Gasteiger partial charge < -0.3 is 15.5 Å². The Labute approximate surface area is 351 Å². The average molecular weight is 786 g/mol. The zero-order valence-corrected chi connectivity index (χ0v) is 37.9. The van der Waals surface area contributed by atoms with E-state index in [4.69, 9.17) is 0 Å². The third-order valence-corrected chi connectivity index (χ3v) is 11.7. The number of rotatable bonds is 46. The van der Waals surface area contributed by atoms with Crippen LogP contribution in [0, 0.1) is 0 Å². The van der Waals surface area contributed by atoms with Crippen LogP contribution in [-0.2, 0) is 4.79 Å². The van der Waals surface area contributed by atoms with Crippen LogP contribution in [0.15, 0.2) is 36.5 Å². The Morgan fingerprint density at radius 3 is 1.09 bits per heavy atom. The summed E-state index contributed by atoms with van der Waals surface area (Å²) in [5.74, 6) is -0.0323. The highest BCUT2D eigenvalue weighted by Crippen LogP contribution is 2.17. The fourth-order valence-electron chi connectivity index (χ4n) is 7.78. The van der Waals surface area contributed by atoms with Crippen molar-refractivity contribution in [2.45, 2.75) is 283 Å². The Kier molecular flexibility index (Phi) is 46.8. The lowest BCUT2D eigenvalue weighted by Gasteiger charge is -2.22. The van der Waals surface area contributed by atoms with Gasteiger partial charge in [-0.1, -0.05) is 249 Å². The second-order valence-electron chi connectivity index (χ2n) is 17.2. The smallest absolute Gasteiger partial charge is 0.220 e. The van der Waals surface area contributed by atoms with E-state index in [1.807, 2.05) is 0 Å². The number of hydrogen-bond donors (Lipinski definition) is 3. The van der Waals surface area contributed by atoms with E-state index in [-0.39, 0.29) is 12.5 Å². The maximum absolute atomic E-state index is 12.3. The number of aliphatic hydroxyl groups excluding tert-OH is 2. The Morgan fingerprint density at radius 2 is 0.732 bits per heavy atom. The molecule has 0 aromatic rings. The van der Waals surface area contributed by atoms with Gasteiger partial charge in [0.05, 0.1) is 18.8 Å². The molecule has 0 heterocycles. The molecule has 0 saturated heterocycles. The summed E-state index contributed by atoms with van der Waals surface area (Å²) in [6, 6.07) is -0.530. The SMILES string of the molecule is CCCCCCC/C=C\C/C=C\C/C=C\CCCCCCCCCCCCCCCCCCCCCCCCC(=O)NC(CO)C(O)CCCCCCCCC. The number of carbonyl (C=O) groups excluding carboxylic acids is 1. The highest BCUT2D eigenvalue weighted by atomic mass is 16.3. The van der Waals surface area contributed by atoms with E-state index in [9.17, 15) is 15.0 Å². The number of unbranched alkanes of at least 4 members (excludes halogenated alkanes) is 33. The normalized spacial score (nSPS) is 13.1. The van der Waals surface area contributed by atoms with Crippen LogP contribution in [-0.4, -0.2) is 34.9 Å². The summed E-state index contributed by atoms with van der Waals surface area (Å²) in [5, 5.41) is 23.0. The lowest BCUT2D eigenvalue weighted by atomic mass is 10.0. The molecule has 0 rings (SSSR count). The van der Waals surface area contributed by atoms with Crippen molar-refractivity contribution in [3.63, 3.8) is 0 Å². The highest BCUT2D eigenvalue weighted by Gasteiger charge is 2.20. The average Bonchev–Trinajstić information content (AvgIpc) is 3.20. The molecule has 0 aliphatic heterocycles. The number of nitrogens with one attached hydrogen (secondary N) is 1. The van der Waals surface area contributed by atoms with E-state index in [2.05, 4.69) is 55.6 Å². The van der Waals surface area contributed by atoms with E-state index >= 15 is 0 Å². The van der Waals surface area contributed by atoms with Gasteiger partial charge in [-0.3, -0.25) is 4.79 Å². The van der Waals surface area contributed by atoms with Gasteiger partial charge in [0.15, 0.2) is 0 Å². The molecule has 0 fully saturated rings. The summed E-state index contributed by atoms with van der Waals surface area (Å²) in [6.07, 6.45) is 64.3. The van der Waals surface area contributed by atoms with Crippen molar-refractivity contribution < 1.29 is 15.0 Å². The maximum Gasteiger partial charge on any atom is 0.220 e. The summed E-state index contributed by atoms with van der Waals surface area (Å²) in [4.78, 5) is 12.3. The molecule has 330 valence electrons. The molecule has 0 bridgehead atoms. The van der Waals surface area contributed by atoms with Gasteiger partial charge in [0, 0.05) is 6.42 Å². The molecule has 56 heavy (non-hydrogen) atoms. The van der Waals surface area contributed by atoms with E-state index in [1.54, 1.807) is 0 Å². The molecule has 1 amide bonds. The van der Waals surface area contributed by atoms with Crippen LogP contribution in [0.25, 0.3) is 0 Å². The van der Waals surface area contributed by atoms with Crippen molar-refractivity contribution in [1.82, 2.24) is 5.32 Å². The number of aliphatic hydroxyl groups is 2. The van der Waals surface area contributed by atoms with Gasteiger partial charge >= 0.3 is 0 Å². The van der Waals surface area contributed by atoms with Crippen LogP contribution in [0.4, 0.5) is 0 Å². The van der Waals surface area contributed by atoms with Crippen molar-refractivity contribution in [1.29, 1.82) is 0 Å². The minimum Gasteiger partial charge on any atom is -0.394 e. The number of allylic oxidation sites excluding steroid dienone is 6. The highest BCUT2D eigenvalue weighted by molar-refractivity contribution is 5.76. The van der Waals surface area contributed by atoms with Crippen molar-refractivity contribution in [3.8, 4) is 0 Å². The third-order valence-electron chi connectivity index (χ3n) is 11.7. The molecule has 0 aliphatic carbocycles. The third kappa shape index (κ3) is 43.7. The number of hydrogen-bond acceptors (Lipinski definition) is 3. The van der Waals surface area contributed by atoms with E-state index in [0.717, 1.165) is 38.5 Å². The quantitative estimate of drug-likeness (QED) is 0.0425. The summed E-state index contributed by atoms with van der Waals surface area (Å²) >= 11 is 0. The van der Waals surface area contributed by atoms with Crippen LogP contribution in [0.5, 0.6) is 0 Å². The van der Waals surface area contributed by atoms with Crippen LogP contribution >= 0.6 is 0 Å². The fourth-order valence-corrected chi connectivity index (χ4v) is 7.78. The van der Waals surface area contributed by atoms with Crippen LogP contribution < -0.4 is 5.32 Å². The Hall–Kier alpha value is -1.39. The molecule has 2 unspecified atom stereocenters. The molecule has 2 atom stereocenters. The second kappa shape index (κ2) is 48.0. The summed E-state index contributed by atoms with van der Waals surface area (Å²) in [5.41, 5.74) is 0. The van der Waals surface area contributed by atoms with Gasteiger partial charge in [0.25, 0.3) is 0 Å². The monoisotopic (exact) mass is 786 g/mol. The molecule has 0 aliphatic rings. The molecular formula is C52H99NO3. The van der Waals surface area contributed by atoms with Crippen molar-refractivity contribution in [2.75, 3.05) is 6.61 Å². The first-order valence-corrected chi connectivity index (χ1v) is 25.2. The number of carbonyl (C=O) groups is 1. The van der Waals surface area contributed by atoms with E-state index in [0.29, 0.717) is 12.8 Å². The van der Waals surface area contributed by atoms with Gasteiger partial charge in [-0.25, -0.2) is 0 Å². The van der Waals surface area contributed by atoms with Crippen molar-refractivity contribution in [3.05, 3.63) is 36.5 Å². The Morgan fingerprint density at radius 1 is 0.429 bits per heavy atom. The summed E-state index contributed by atoms with van der Waals surface area (Å²) < 4.78 is 0. The first-order chi connectivity index (χ1) is 27.7.